The van der Waals surface area contributed by atoms with Crippen molar-refractivity contribution in [3.05, 3.63) is 24.3 Å². The van der Waals surface area contributed by atoms with Gasteiger partial charge in [-0.05, 0) is 57.8 Å². The second-order valence-corrected chi connectivity index (χ2v) is 27.0. The molecule has 0 aromatic heterocycles. The van der Waals surface area contributed by atoms with Crippen LogP contribution in [0.15, 0.2) is 24.3 Å². The Morgan fingerprint density at radius 3 is 0.894 bits per heavy atom. The van der Waals surface area contributed by atoms with Gasteiger partial charge in [0.2, 0.25) is 5.91 Å². The number of aliphatic hydroxyl groups is 2. The fraction of sp³-hybridized carbons (Fsp3) is 0.924. The Bertz CT molecular complexity index is 1330. The first-order chi connectivity index (χ1) is 42.0. The molecule has 2 unspecified atom stereocenters. The fourth-order valence-electron chi connectivity index (χ4n) is 12.6. The van der Waals surface area contributed by atoms with Gasteiger partial charge in [0.15, 0.2) is 0 Å². The molecule has 0 bridgehead atoms. The number of amides is 1. The van der Waals surface area contributed by atoms with Gasteiger partial charge >= 0.3 is 5.97 Å². The summed E-state index contributed by atoms with van der Waals surface area (Å²) in [5.74, 6) is -0.0130. The molecule has 0 fully saturated rings. The number of nitrogens with one attached hydrogen (secondary N) is 1. The molecule has 0 saturated carbocycles. The van der Waals surface area contributed by atoms with Gasteiger partial charge in [-0.25, -0.2) is 0 Å². The summed E-state index contributed by atoms with van der Waals surface area (Å²) < 4.78 is 5.49. The second-order valence-electron chi connectivity index (χ2n) is 27.0. The Hall–Kier alpha value is -1.66. The monoisotopic (exact) mass is 1200 g/mol. The Labute approximate surface area is 532 Å². The zero-order valence-electron chi connectivity index (χ0n) is 57.9. The third kappa shape index (κ3) is 71.3. The van der Waals surface area contributed by atoms with Crippen LogP contribution in [0.3, 0.4) is 0 Å². The quantitative estimate of drug-likeness (QED) is 0.0320. The summed E-state index contributed by atoms with van der Waals surface area (Å²) in [4.78, 5) is 24.6. The summed E-state index contributed by atoms with van der Waals surface area (Å²) in [5, 5.41) is 23.5. The molecule has 504 valence electrons. The smallest absolute Gasteiger partial charge is 0.305 e. The van der Waals surface area contributed by atoms with Gasteiger partial charge in [-0.1, -0.05) is 398 Å². The number of hydrogen-bond acceptors (Lipinski definition) is 5. The number of allylic oxidation sites excluding steroid dienone is 4. The van der Waals surface area contributed by atoms with Crippen molar-refractivity contribution in [2.45, 2.75) is 456 Å². The van der Waals surface area contributed by atoms with Crippen molar-refractivity contribution in [1.29, 1.82) is 0 Å². The van der Waals surface area contributed by atoms with Crippen LogP contribution in [0.4, 0.5) is 0 Å². The number of ether oxygens (including phenoxy) is 1. The van der Waals surface area contributed by atoms with Gasteiger partial charge in [0, 0.05) is 12.8 Å². The van der Waals surface area contributed by atoms with E-state index in [1.807, 2.05) is 0 Å². The molecular weight excluding hydrogens is 1040 g/mol. The van der Waals surface area contributed by atoms with Crippen LogP contribution in [0.2, 0.25) is 0 Å². The predicted octanol–water partition coefficient (Wildman–Crippen LogP) is 25.7. The molecule has 0 heterocycles. The number of aliphatic hydroxyl groups excluding tert-OH is 2. The lowest BCUT2D eigenvalue weighted by molar-refractivity contribution is -0.143. The maximum atomic E-state index is 12.6. The number of carbonyl (C=O) groups excluding carboxylic acids is 2. The number of esters is 1. The second kappa shape index (κ2) is 74.8. The molecule has 2 atom stereocenters. The minimum atomic E-state index is -0.665. The number of rotatable bonds is 74. The molecule has 0 radical (unpaired) electrons. The molecule has 0 rings (SSSR count). The topological polar surface area (TPSA) is 95.9 Å². The first kappa shape index (κ1) is 83.3. The third-order valence-corrected chi connectivity index (χ3v) is 18.5. The van der Waals surface area contributed by atoms with Gasteiger partial charge in [-0.2, -0.15) is 0 Å². The maximum absolute atomic E-state index is 12.6. The van der Waals surface area contributed by atoms with E-state index in [-0.39, 0.29) is 18.5 Å². The molecule has 0 aromatic rings. The molecule has 85 heavy (non-hydrogen) atoms. The van der Waals surface area contributed by atoms with Crippen LogP contribution in [-0.4, -0.2) is 47.4 Å². The zero-order chi connectivity index (χ0) is 61.3. The normalized spacial score (nSPS) is 12.6. The average molecular weight is 1200 g/mol. The molecule has 0 spiro atoms. The SMILES string of the molecule is CCCCCCCCCCCCCCCCCCCCCCCCCCC(O)C(CO)NC(=O)CCCCCCCCCCCCCCCCC/C=C\C/C=C\CCCCCCCCCCCOC(=O)CCCCCCCCCCCCCCC. The lowest BCUT2D eigenvalue weighted by Gasteiger charge is -2.22. The van der Waals surface area contributed by atoms with Gasteiger partial charge in [0.25, 0.3) is 0 Å². The van der Waals surface area contributed by atoms with Crippen LogP contribution >= 0.6 is 0 Å². The molecule has 6 heteroatoms. The van der Waals surface area contributed by atoms with E-state index in [9.17, 15) is 19.8 Å². The van der Waals surface area contributed by atoms with Crippen molar-refractivity contribution in [2.24, 2.45) is 0 Å². The Morgan fingerprint density at radius 1 is 0.329 bits per heavy atom. The fourth-order valence-corrected chi connectivity index (χ4v) is 12.6. The standard InChI is InChI=1S/C79H153NO5/c1-3-5-7-9-11-13-15-17-18-19-20-21-22-32-35-38-41-44-48-51-55-59-63-67-71-77(82)76(75-81)80-78(83)72-68-64-60-56-52-49-45-42-39-36-33-30-28-26-24-23-25-27-29-31-34-37-40-43-46-50-54-58-62-66-70-74-85-79(84)73-69-65-61-57-53-47-16-14-12-10-8-6-4-2/h25,27,31,34,76-77,81-82H,3-24,26,28-30,32-33,35-75H2,1-2H3,(H,80,83)/b27-25-,34-31-. The molecule has 0 saturated heterocycles. The molecule has 3 N–H and O–H groups in total. The van der Waals surface area contributed by atoms with Gasteiger partial charge < -0.3 is 20.3 Å². The van der Waals surface area contributed by atoms with E-state index in [2.05, 4.69) is 43.5 Å². The van der Waals surface area contributed by atoms with E-state index in [4.69, 9.17) is 4.74 Å². The summed E-state index contributed by atoms with van der Waals surface area (Å²) in [6, 6.07) is -0.542. The van der Waals surface area contributed by atoms with Crippen LogP contribution in [-0.2, 0) is 14.3 Å². The molecular formula is C79H153NO5. The average Bonchev–Trinajstić information content (AvgIpc) is 3.54. The highest BCUT2D eigenvalue weighted by Crippen LogP contribution is 2.20. The highest BCUT2D eigenvalue weighted by Gasteiger charge is 2.20. The highest BCUT2D eigenvalue weighted by molar-refractivity contribution is 5.76. The molecule has 0 aliphatic rings. The summed E-state index contributed by atoms with van der Waals surface area (Å²) in [6.07, 6.45) is 95.5. The van der Waals surface area contributed by atoms with Gasteiger partial charge in [0.1, 0.15) is 0 Å². The van der Waals surface area contributed by atoms with Gasteiger partial charge in [0.05, 0.1) is 25.4 Å². The van der Waals surface area contributed by atoms with E-state index in [0.29, 0.717) is 25.9 Å². The number of unbranched alkanes of at least 4 members (excludes halogenated alkanes) is 59. The van der Waals surface area contributed by atoms with E-state index >= 15 is 0 Å². The van der Waals surface area contributed by atoms with E-state index in [1.165, 1.54) is 366 Å². The lowest BCUT2D eigenvalue weighted by atomic mass is 10.0. The number of hydrogen-bond donors (Lipinski definition) is 3. The molecule has 0 aliphatic carbocycles. The summed E-state index contributed by atoms with van der Waals surface area (Å²) in [5.41, 5.74) is 0. The van der Waals surface area contributed by atoms with Crippen LogP contribution < -0.4 is 5.32 Å². The van der Waals surface area contributed by atoms with Crippen LogP contribution in [0.5, 0.6) is 0 Å². The van der Waals surface area contributed by atoms with Crippen LogP contribution in [0.25, 0.3) is 0 Å². The van der Waals surface area contributed by atoms with Crippen molar-refractivity contribution in [1.82, 2.24) is 5.32 Å². The van der Waals surface area contributed by atoms with Crippen LogP contribution in [0, 0.1) is 0 Å². The summed E-state index contributed by atoms with van der Waals surface area (Å²) in [7, 11) is 0. The maximum Gasteiger partial charge on any atom is 0.305 e. The largest absolute Gasteiger partial charge is 0.466 e. The van der Waals surface area contributed by atoms with Crippen molar-refractivity contribution in [2.75, 3.05) is 13.2 Å². The van der Waals surface area contributed by atoms with Crippen molar-refractivity contribution >= 4 is 11.9 Å². The molecule has 1 amide bonds. The lowest BCUT2D eigenvalue weighted by Crippen LogP contribution is -2.45. The first-order valence-electron chi connectivity index (χ1n) is 39.1. The third-order valence-electron chi connectivity index (χ3n) is 18.5. The van der Waals surface area contributed by atoms with Crippen molar-refractivity contribution in [3.8, 4) is 0 Å². The van der Waals surface area contributed by atoms with Crippen LogP contribution in [0.1, 0.15) is 444 Å². The van der Waals surface area contributed by atoms with E-state index in [0.717, 1.165) is 44.9 Å². The Balaban J connectivity index is 3.39. The molecule has 0 aliphatic heterocycles. The minimum Gasteiger partial charge on any atom is -0.466 e. The highest BCUT2D eigenvalue weighted by atomic mass is 16.5. The summed E-state index contributed by atoms with van der Waals surface area (Å²) >= 11 is 0. The zero-order valence-corrected chi connectivity index (χ0v) is 57.9. The number of carbonyl (C=O) groups is 2. The van der Waals surface area contributed by atoms with E-state index in [1.54, 1.807) is 0 Å². The Morgan fingerprint density at radius 2 is 0.588 bits per heavy atom. The summed E-state index contributed by atoms with van der Waals surface area (Å²) in [6.45, 7) is 5.00. The molecule has 0 aromatic carbocycles. The van der Waals surface area contributed by atoms with Crippen molar-refractivity contribution < 1.29 is 24.5 Å². The first-order valence-corrected chi connectivity index (χ1v) is 39.1. The van der Waals surface area contributed by atoms with Gasteiger partial charge in [-0.3, -0.25) is 9.59 Å². The Kier molecular flexibility index (Phi) is 73.3. The van der Waals surface area contributed by atoms with E-state index < -0.39 is 12.1 Å². The van der Waals surface area contributed by atoms with Gasteiger partial charge in [-0.15, -0.1) is 0 Å². The minimum absolute atomic E-state index is 0.0157. The molecule has 6 nitrogen and oxygen atoms in total. The predicted molar refractivity (Wildman–Crippen MR) is 375 cm³/mol. The van der Waals surface area contributed by atoms with Crippen molar-refractivity contribution in [3.63, 3.8) is 0 Å².